The van der Waals surface area contributed by atoms with E-state index < -0.39 is 7.72 Å². The van der Waals surface area contributed by atoms with Crippen LogP contribution in [0.25, 0.3) is 0 Å². The zero-order valence-corrected chi connectivity index (χ0v) is 18.6. The summed E-state index contributed by atoms with van der Waals surface area (Å²) in [5.74, 6) is 1.68. The van der Waals surface area contributed by atoms with Crippen molar-refractivity contribution in [3.05, 3.63) is 0 Å². The SMILES string of the molecule is [B][C@H]1C[C@@H](CC(C)C)[C@@H](CCP[PH](=O)OCC(C)C)O1.[Y]. The molecule has 0 spiro atoms. The van der Waals surface area contributed by atoms with Crippen molar-refractivity contribution in [2.45, 2.75) is 59.1 Å². The molecule has 0 aromatic rings. The van der Waals surface area contributed by atoms with Crippen LogP contribution in [0.2, 0.25) is 0 Å². The van der Waals surface area contributed by atoms with E-state index in [1.54, 1.807) is 0 Å². The Hall–Kier alpha value is 1.75. The predicted molar refractivity (Wildman–Crippen MR) is 89.6 cm³/mol. The minimum atomic E-state index is -1.84. The minimum Gasteiger partial charge on any atom is -0.384 e. The van der Waals surface area contributed by atoms with E-state index in [0.29, 0.717) is 32.6 Å². The molecule has 1 heterocycles. The van der Waals surface area contributed by atoms with Crippen LogP contribution < -0.4 is 0 Å². The normalized spacial score (nSPS) is 27.6. The van der Waals surface area contributed by atoms with Gasteiger partial charge in [0.15, 0.2) is 0 Å². The monoisotopic (exact) mass is 407 g/mol. The van der Waals surface area contributed by atoms with Crippen molar-refractivity contribution in [1.29, 1.82) is 0 Å². The van der Waals surface area contributed by atoms with Crippen molar-refractivity contribution in [2.75, 3.05) is 12.8 Å². The van der Waals surface area contributed by atoms with Gasteiger partial charge in [0.25, 0.3) is 0 Å². The van der Waals surface area contributed by atoms with Gasteiger partial charge in [-0.15, -0.1) is 0 Å². The molecular weight excluding hydrogens is 378 g/mol. The van der Waals surface area contributed by atoms with Crippen molar-refractivity contribution >= 4 is 23.8 Å². The molecule has 7 heteroatoms. The van der Waals surface area contributed by atoms with Crippen LogP contribution >= 0.6 is 16.0 Å². The van der Waals surface area contributed by atoms with Crippen LogP contribution in [-0.4, -0.2) is 32.7 Å². The van der Waals surface area contributed by atoms with Crippen LogP contribution in [0, 0.1) is 17.8 Å². The first-order valence-corrected chi connectivity index (χ1v) is 11.2. The Bertz CT molecular complexity index is 306. The largest absolute Gasteiger partial charge is 0.384 e. The zero-order valence-electron chi connectivity index (χ0n) is 13.8. The summed E-state index contributed by atoms with van der Waals surface area (Å²) in [6, 6.07) is -0.110. The van der Waals surface area contributed by atoms with Crippen LogP contribution in [0.3, 0.4) is 0 Å². The van der Waals surface area contributed by atoms with Crippen molar-refractivity contribution in [3.63, 3.8) is 0 Å². The Morgan fingerprint density at radius 1 is 1.33 bits per heavy atom. The average molecular weight is 407 g/mol. The molecule has 21 heavy (non-hydrogen) atoms. The van der Waals surface area contributed by atoms with E-state index in [1.165, 1.54) is 6.42 Å². The Balaban J connectivity index is 0.00000400. The number of hydrogen-bond acceptors (Lipinski definition) is 3. The summed E-state index contributed by atoms with van der Waals surface area (Å²) >= 11 is 0. The summed E-state index contributed by atoms with van der Waals surface area (Å²) in [6.07, 6.45) is 4.28. The summed E-state index contributed by atoms with van der Waals surface area (Å²) in [6.45, 7) is 9.22. The number of rotatable bonds is 9. The van der Waals surface area contributed by atoms with Gasteiger partial charge in [0.05, 0.1) is 12.7 Å². The van der Waals surface area contributed by atoms with Gasteiger partial charge < -0.3 is 9.26 Å². The molecule has 1 fully saturated rings. The molecule has 0 bridgehead atoms. The maximum Gasteiger partial charge on any atom is 0.208 e. The Morgan fingerprint density at radius 3 is 2.57 bits per heavy atom. The molecule has 0 saturated carbocycles. The van der Waals surface area contributed by atoms with Gasteiger partial charge in [-0.2, -0.15) is 0 Å². The molecule has 1 aliphatic rings. The predicted octanol–water partition coefficient (Wildman–Crippen LogP) is 4.06. The Kier molecular flexibility index (Phi) is 13.2. The molecule has 1 saturated heterocycles. The number of hydrogen-bond donors (Lipinski definition) is 0. The van der Waals surface area contributed by atoms with E-state index >= 15 is 0 Å². The molecule has 3 radical (unpaired) electrons. The van der Waals surface area contributed by atoms with Crippen LogP contribution in [0.15, 0.2) is 0 Å². The van der Waals surface area contributed by atoms with Crippen LogP contribution in [0.1, 0.15) is 47.0 Å². The summed E-state index contributed by atoms with van der Waals surface area (Å²) in [4.78, 5) is 0. The molecule has 0 amide bonds. The van der Waals surface area contributed by atoms with Crippen LogP contribution in [-0.2, 0) is 46.5 Å². The maximum atomic E-state index is 11.8. The molecule has 0 N–H and O–H groups in total. The molecule has 2 unspecified atom stereocenters. The third-order valence-corrected chi connectivity index (χ3v) is 6.74. The minimum absolute atomic E-state index is 0. The second-order valence-electron chi connectivity index (χ2n) is 6.55. The van der Waals surface area contributed by atoms with Crippen LogP contribution in [0.5, 0.6) is 0 Å². The van der Waals surface area contributed by atoms with Crippen molar-refractivity contribution < 1.29 is 46.5 Å². The van der Waals surface area contributed by atoms with E-state index in [-0.39, 0.29) is 44.8 Å². The van der Waals surface area contributed by atoms with Crippen molar-refractivity contribution in [1.82, 2.24) is 0 Å². The van der Waals surface area contributed by atoms with Crippen LogP contribution in [0.4, 0.5) is 0 Å². The Morgan fingerprint density at radius 2 is 2.00 bits per heavy atom. The fraction of sp³-hybridized carbons (Fsp3) is 1.00. The Labute approximate surface area is 159 Å². The smallest absolute Gasteiger partial charge is 0.208 e. The fourth-order valence-corrected chi connectivity index (χ4v) is 5.43. The van der Waals surface area contributed by atoms with E-state index in [0.717, 1.165) is 19.0 Å². The zero-order chi connectivity index (χ0) is 15.1. The molecule has 3 nitrogen and oxygen atoms in total. The summed E-state index contributed by atoms with van der Waals surface area (Å²) in [5.41, 5.74) is 0. The van der Waals surface area contributed by atoms with E-state index in [9.17, 15) is 4.57 Å². The second-order valence-corrected chi connectivity index (χ2v) is 10.5. The first-order valence-electron chi connectivity index (χ1n) is 7.70. The van der Waals surface area contributed by atoms with Gasteiger partial charge >= 0.3 is 0 Å². The maximum absolute atomic E-state index is 11.8. The summed E-state index contributed by atoms with van der Waals surface area (Å²) < 4.78 is 22.9. The van der Waals surface area contributed by atoms with Gasteiger partial charge in [-0.25, -0.2) is 0 Å². The van der Waals surface area contributed by atoms with Gasteiger partial charge in [-0.3, -0.25) is 4.57 Å². The first-order chi connectivity index (χ1) is 9.38. The quantitative estimate of drug-likeness (QED) is 0.428. The standard InChI is InChI=1S/C14H29BO3P2.Y/c1-10(2)7-12-8-14(15)18-13(12)5-6-19-20(16)17-9-11(3)4;/h10-14,19-20H,5-9H2,1-4H3;/t12-,13-,14-;/m1./s1. The third kappa shape index (κ3) is 10.3. The van der Waals surface area contributed by atoms with Crippen molar-refractivity contribution in [3.8, 4) is 0 Å². The summed E-state index contributed by atoms with van der Waals surface area (Å²) in [7, 11) is 4.48. The molecule has 0 aromatic carbocycles. The van der Waals surface area contributed by atoms with E-state index in [2.05, 4.69) is 27.7 Å². The van der Waals surface area contributed by atoms with Gasteiger partial charge in [0.1, 0.15) is 7.85 Å². The number of ether oxygens (including phenoxy) is 1. The topological polar surface area (TPSA) is 35.5 Å². The van der Waals surface area contributed by atoms with Gasteiger partial charge in [-0.1, -0.05) is 27.7 Å². The van der Waals surface area contributed by atoms with E-state index in [4.69, 9.17) is 17.1 Å². The summed E-state index contributed by atoms with van der Waals surface area (Å²) in [5, 5.41) is 0. The second kappa shape index (κ2) is 12.2. The first kappa shape index (κ1) is 22.7. The van der Waals surface area contributed by atoms with Gasteiger partial charge in [0.2, 0.25) is 7.72 Å². The molecule has 119 valence electrons. The molecule has 1 rings (SSSR count). The molecule has 5 atom stereocenters. The molecule has 0 aromatic heterocycles. The van der Waals surface area contributed by atoms with E-state index in [1.807, 2.05) is 0 Å². The third-order valence-electron chi connectivity index (χ3n) is 3.43. The van der Waals surface area contributed by atoms with Crippen molar-refractivity contribution in [2.24, 2.45) is 17.8 Å². The van der Waals surface area contributed by atoms with Gasteiger partial charge in [-0.05, 0) is 51.4 Å². The molecule has 1 aliphatic heterocycles. The molecular formula is C14H29BO3P2Y. The van der Waals surface area contributed by atoms with Gasteiger partial charge in [0, 0.05) is 38.7 Å². The fourth-order valence-electron chi connectivity index (χ4n) is 2.61. The average Bonchev–Trinajstić information content (AvgIpc) is 2.66. The molecule has 0 aliphatic carbocycles.